The van der Waals surface area contributed by atoms with Gasteiger partial charge in [0.25, 0.3) is 0 Å². The molecule has 0 aliphatic carbocycles. The summed E-state index contributed by atoms with van der Waals surface area (Å²) in [6.45, 7) is 20.5. The van der Waals surface area contributed by atoms with E-state index in [0.29, 0.717) is 5.92 Å². The van der Waals surface area contributed by atoms with Crippen LogP contribution in [0.4, 0.5) is 0 Å². The van der Waals surface area contributed by atoms with Gasteiger partial charge in [0, 0.05) is 27.7 Å². The van der Waals surface area contributed by atoms with Crippen molar-refractivity contribution in [2.75, 3.05) is 0 Å². The van der Waals surface area contributed by atoms with Crippen LogP contribution >= 0.6 is 0 Å². The van der Waals surface area contributed by atoms with E-state index in [0.717, 1.165) is 47.0 Å². The Hall–Kier alpha value is -3.33. The lowest BCUT2D eigenvalue weighted by Crippen LogP contribution is -2.27. The van der Waals surface area contributed by atoms with Crippen LogP contribution in [0.3, 0.4) is 0 Å². The Balaban J connectivity index is 1.67. The second-order valence-corrected chi connectivity index (χ2v) is 13.5. The fraction of sp³-hybridized carbons (Fsp3) is 0.417. The third kappa shape index (κ3) is 6.82. The van der Waals surface area contributed by atoms with Crippen molar-refractivity contribution < 1.29 is 0 Å². The van der Waals surface area contributed by atoms with Crippen molar-refractivity contribution in [1.82, 2.24) is 15.0 Å². The molecule has 2 aromatic heterocycles. The molecule has 3 nitrogen and oxygen atoms in total. The highest BCUT2D eigenvalue weighted by atomic mass is 14.9. The van der Waals surface area contributed by atoms with E-state index in [4.69, 9.17) is 15.0 Å². The molecule has 3 heteroatoms. The minimum absolute atomic E-state index is 0.0183. The molecule has 0 saturated heterocycles. The number of pyridine rings is 1. The van der Waals surface area contributed by atoms with Crippen molar-refractivity contribution in [3.05, 3.63) is 102 Å². The lowest BCUT2D eigenvalue weighted by atomic mass is 9.73. The molecule has 0 atom stereocenters. The fourth-order valence-electron chi connectivity index (χ4n) is 4.79. The zero-order chi connectivity index (χ0) is 28.4. The lowest BCUT2D eigenvalue weighted by Gasteiger charge is -2.33. The largest absolute Gasteiger partial charge is 0.253 e. The maximum atomic E-state index is 5.13. The molecule has 0 N–H and O–H groups in total. The van der Waals surface area contributed by atoms with Crippen LogP contribution in [0.15, 0.2) is 78.9 Å². The van der Waals surface area contributed by atoms with Gasteiger partial charge in [0.05, 0.1) is 17.1 Å². The summed E-state index contributed by atoms with van der Waals surface area (Å²) in [5.41, 5.74) is 7.79. The van der Waals surface area contributed by atoms with Gasteiger partial charge in [-0.25, -0.2) is 9.97 Å². The van der Waals surface area contributed by atoms with Crippen LogP contribution in [0.1, 0.15) is 104 Å². The molecule has 2 aromatic carbocycles. The van der Waals surface area contributed by atoms with Gasteiger partial charge >= 0.3 is 0 Å². The van der Waals surface area contributed by atoms with Gasteiger partial charge in [0.1, 0.15) is 0 Å². The first-order chi connectivity index (χ1) is 18.3. The summed E-state index contributed by atoms with van der Waals surface area (Å²) in [4.78, 5) is 15.2. The summed E-state index contributed by atoms with van der Waals surface area (Å²) >= 11 is 0. The summed E-state index contributed by atoms with van der Waals surface area (Å²) in [7, 11) is 0. The average Bonchev–Trinajstić information content (AvgIpc) is 2.92. The molecule has 204 valence electrons. The van der Waals surface area contributed by atoms with Gasteiger partial charge in [0.2, 0.25) is 0 Å². The van der Waals surface area contributed by atoms with Crippen molar-refractivity contribution in [3.63, 3.8) is 0 Å². The van der Waals surface area contributed by atoms with E-state index < -0.39 is 0 Å². The lowest BCUT2D eigenvalue weighted by molar-refractivity contribution is 0.367. The molecular formula is C36H45N3. The van der Waals surface area contributed by atoms with E-state index in [1.54, 1.807) is 0 Å². The molecule has 0 bridgehead atoms. The molecule has 0 aliphatic rings. The number of nitrogens with zero attached hydrogens (tertiary/aromatic N) is 3. The first-order valence-corrected chi connectivity index (χ1v) is 14.3. The first-order valence-electron chi connectivity index (χ1n) is 14.3. The Kier molecular flexibility index (Phi) is 8.12. The van der Waals surface area contributed by atoms with Crippen LogP contribution in [0.25, 0.3) is 22.6 Å². The SMILES string of the molecule is CC(C)c1cc(C(C)(C)CCC(C)(C)c2cc(C(C)(C)C)nc(-c3ccccc3)n2)cc(-c2ccccc2)n1. The number of aromatic nitrogens is 3. The zero-order valence-corrected chi connectivity index (χ0v) is 25.3. The topological polar surface area (TPSA) is 38.7 Å². The van der Waals surface area contributed by atoms with Crippen molar-refractivity contribution in [1.29, 1.82) is 0 Å². The predicted octanol–water partition coefficient (Wildman–Crippen LogP) is 9.66. The van der Waals surface area contributed by atoms with Crippen LogP contribution in [0, 0.1) is 0 Å². The minimum atomic E-state index is -0.111. The molecule has 0 radical (unpaired) electrons. The molecule has 0 spiro atoms. The second kappa shape index (κ2) is 11.0. The average molecular weight is 520 g/mol. The van der Waals surface area contributed by atoms with Crippen molar-refractivity contribution in [2.24, 2.45) is 0 Å². The molecule has 0 unspecified atom stereocenters. The van der Waals surface area contributed by atoms with Gasteiger partial charge in [-0.3, -0.25) is 4.98 Å². The highest BCUT2D eigenvalue weighted by Crippen LogP contribution is 2.38. The van der Waals surface area contributed by atoms with E-state index in [-0.39, 0.29) is 16.2 Å². The van der Waals surface area contributed by atoms with Crippen molar-refractivity contribution in [2.45, 2.75) is 97.3 Å². The summed E-state index contributed by atoms with van der Waals surface area (Å²) < 4.78 is 0. The van der Waals surface area contributed by atoms with Crippen LogP contribution in [0.5, 0.6) is 0 Å². The maximum absolute atomic E-state index is 5.13. The quantitative estimate of drug-likeness (QED) is 0.232. The summed E-state index contributed by atoms with van der Waals surface area (Å²) in [6, 6.07) is 27.7. The monoisotopic (exact) mass is 519 g/mol. The predicted molar refractivity (Wildman–Crippen MR) is 165 cm³/mol. The van der Waals surface area contributed by atoms with E-state index in [1.165, 1.54) is 11.1 Å². The van der Waals surface area contributed by atoms with Gasteiger partial charge in [-0.15, -0.1) is 0 Å². The molecular weight excluding hydrogens is 474 g/mol. The first kappa shape index (κ1) is 28.7. The smallest absolute Gasteiger partial charge is 0.159 e. The number of hydrogen-bond acceptors (Lipinski definition) is 3. The second-order valence-electron chi connectivity index (χ2n) is 13.5. The molecule has 0 saturated carbocycles. The van der Waals surface area contributed by atoms with E-state index in [2.05, 4.69) is 135 Å². The highest BCUT2D eigenvalue weighted by Gasteiger charge is 2.31. The molecule has 2 heterocycles. The maximum Gasteiger partial charge on any atom is 0.159 e. The van der Waals surface area contributed by atoms with Gasteiger partial charge in [0.15, 0.2) is 5.82 Å². The molecule has 0 amide bonds. The molecule has 39 heavy (non-hydrogen) atoms. The standard InChI is InChI=1S/C36H45N3/c1-25(2)29-22-28(23-30(37-29)26-16-12-10-13-17-26)35(6,7)20-21-36(8,9)32-24-31(34(3,4)5)38-33(39-32)27-18-14-11-15-19-27/h10-19,22-25H,20-21H2,1-9H3. The molecule has 0 aliphatic heterocycles. The number of rotatable bonds is 8. The Morgan fingerprint density at radius 1 is 0.590 bits per heavy atom. The minimum Gasteiger partial charge on any atom is -0.253 e. The van der Waals surface area contributed by atoms with E-state index in [1.807, 2.05) is 6.07 Å². The third-order valence-corrected chi connectivity index (χ3v) is 7.88. The molecule has 4 rings (SSSR count). The molecule has 4 aromatic rings. The van der Waals surface area contributed by atoms with Crippen LogP contribution in [-0.4, -0.2) is 15.0 Å². The Morgan fingerprint density at radius 2 is 1.13 bits per heavy atom. The summed E-state index contributed by atoms with van der Waals surface area (Å²) in [5.74, 6) is 1.18. The Bertz CT molecular complexity index is 1390. The Labute approximate surface area is 236 Å². The third-order valence-electron chi connectivity index (χ3n) is 7.88. The van der Waals surface area contributed by atoms with Crippen molar-refractivity contribution >= 4 is 0 Å². The summed E-state index contributed by atoms with van der Waals surface area (Å²) in [6.07, 6.45) is 2.04. The van der Waals surface area contributed by atoms with Gasteiger partial charge in [-0.05, 0) is 47.9 Å². The van der Waals surface area contributed by atoms with Gasteiger partial charge in [-0.2, -0.15) is 0 Å². The fourth-order valence-corrected chi connectivity index (χ4v) is 4.79. The summed E-state index contributed by atoms with van der Waals surface area (Å²) in [5, 5.41) is 0. The van der Waals surface area contributed by atoms with Gasteiger partial charge < -0.3 is 0 Å². The normalized spacial score (nSPS) is 12.7. The van der Waals surface area contributed by atoms with Crippen LogP contribution in [0.2, 0.25) is 0 Å². The Morgan fingerprint density at radius 3 is 1.69 bits per heavy atom. The van der Waals surface area contributed by atoms with Crippen LogP contribution < -0.4 is 0 Å². The number of hydrogen-bond donors (Lipinski definition) is 0. The van der Waals surface area contributed by atoms with E-state index in [9.17, 15) is 0 Å². The van der Waals surface area contributed by atoms with Gasteiger partial charge in [-0.1, -0.05) is 123 Å². The highest BCUT2D eigenvalue weighted by molar-refractivity contribution is 5.61. The number of benzene rings is 2. The van der Waals surface area contributed by atoms with Crippen LogP contribution in [-0.2, 0) is 16.2 Å². The van der Waals surface area contributed by atoms with E-state index >= 15 is 0 Å². The van der Waals surface area contributed by atoms with Crippen molar-refractivity contribution in [3.8, 4) is 22.6 Å². The zero-order valence-electron chi connectivity index (χ0n) is 25.3. The molecule has 0 fully saturated rings.